The SMILES string of the molecule is CNC(C)c1cccnc1N1Cc2ccccc2C1. The van der Waals surface area contributed by atoms with Crippen LogP contribution in [0.3, 0.4) is 0 Å². The van der Waals surface area contributed by atoms with Gasteiger partial charge >= 0.3 is 0 Å². The largest absolute Gasteiger partial charge is 0.348 e. The first-order valence-corrected chi connectivity index (χ1v) is 6.73. The third-order valence-electron chi connectivity index (χ3n) is 3.86. The molecular formula is C16H19N3. The van der Waals surface area contributed by atoms with Crippen LogP contribution in [-0.4, -0.2) is 12.0 Å². The summed E-state index contributed by atoms with van der Waals surface area (Å²) in [7, 11) is 1.99. The maximum Gasteiger partial charge on any atom is 0.133 e. The van der Waals surface area contributed by atoms with E-state index in [2.05, 4.69) is 52.5 Å². The molecule has 0 bridgehead atoms. The van der Waals surface area contributed by atoms with Gasteiger partial charge in [0.2, 0.25) is 0 Å². The van der Waals surface area contributed by atoms with Gasteiger partial charge in [-0.3, -0.25) is 0 Å². The fourth-order valence-corrected chi connectivity index (χ4v) is 2.65. The quantitative estimate of drug-likeness (QED) is 0.911. The van der Waals surface area contributed by atoms with Crippen molar-refractivity contribution in [3.63, 3.8) is 0 Å². The number of nitrogens with one attached hydrogen (secondary N) is 1. The van der Waals surface area contributed by atoms with E-state index in [0.29, 0.717) is 6.04 Å². The number of aromatic nitrogens is 1. The molecule has 1 aromatic carbocycles. The summed E-state index contributed by atoms with van der Waals surface area (Å²) in [4.78, 5) is 6.95. The van der Waals surface area contributed by atoms with E-state index < -0.39 is 0 Å². The lowest BCUT2D eigenvalue weighted by atomic mass is 10.1. The molecule has 19 heavy (non-hydrogen) atoms. The van der Waals surface area contributed by atoms with E-state index in [4.69, 9.17) is 0 Å². The van der Waals surface area contributed by atoms with Crippen molar-refractivity contribution < 1.29 is 0 Å². The number of hydrogen-bond acceptors (Lipinski definition) is 3. The number of fused-ring (bicyclic) bond motifs is 1. The predicted molar refractivity (Wildman–Crippen MR) is 78.0 cm³/mol. The highest BCUT2D eigenvalue weighted by molar-refractivity contribution is 5.52. The van der Waals surface area contributed by atoms with Gasteiger partial charge < -0.3 is 10.2 Å². The zero-order chi connectivity index (χ0) is 13.2. The Morgan fingerprint density at radius 3 is 2.42 bits per heavy atom. The smallest absolute Gasteiger partial charge is 0.133 e. The highest BCUT2D eigenvalue weighted by atomic mass is 15.2. The van der Waals surface area contributed by atoms with Crippen molar-refractivity contribution in [1.29, 1.82) is 0 Å². The van der Waals surface area contributed by atoms with Crippen LogP contribution < -0.4 is 10.2 Å². The van der Waals surface area contributed by atoms with Crippen LogP contribution in [0.1, 0.15) is 29.7 Å². The van der Waals surface area contributed by atoms with Crippen LogP contribution in [-0.2, 0) is 13.1 Å². The van der Waals surface area contributed by atoms with Crippen LogP contribution in [0.15, 0.2) is 42.6 Å². The Kier molecular flexibility index (Phi) is 3.22. The normalized spacial score (nSPS) is 15.4. The molecule has 0 fully saturated rings. The van der Waals surface area contributed by atoms with Crippen LogP contribution in [0.4, 0.5) is 5.82 Å². The highest BCUT2D eigenvalue weighted by Crippen LogP contribution is 2.31. The van der Waals surface area contributed by atoms with Crippen molar-refractivity contribution >= 4 is 5.82 Å². The predicted octanol–water partition coefficient (Wildman–Crippen LogP) is 2.88. The molecule has 0 spiro atoms. The fourth-order valence-electron chi connectivity index (χ4n) is 2.65. The van der Waals surface area contributed by atoms with E-state index in [1.165, 1.54) is 16.7 Å². The van der Waals surface area contributed by atoms with Crippen LogP contribution in [0.2, 0.25) is 0 Å². The first-order chi connectivity index (χ1) is 9.29. The minimum Gasteiger partial charge on any atom is -0.348 e. The summed E-state index contributed by atoms with van der Waals surface area (Å²) in [6, 6.07) is 13.1. The van der Waals surface area contributed by atoms with E-state index in [9.17, 15) is 0 Å². The van der Waals surface area contributed by atoms with Gasteiger partial charge in [0.25, 0.3) is 0 Å². The maximum absolute atomic E-state index is 4.60. The minimum absolute atomic E-state index is 0.312. The Morgan fingerprint density at radius 1 is 1.11 bits per heavy atom. The molecule has 1 N–H and O–H groups in total. The monoisotopic (exact) mass is 253 g/mol. The van der Waals surface area contributed by atoms with Gasteiger partial charge in [0, 0.05) is 30.9 Å². The average Bonchev–Trinajstić information content (AvgIpc) is 2.90. The number of anilines is 1. The summed E-state index contributed by atoms with van der Waals surface area (Å²) in [5.74, 6) is 1.10. The summed E-state index contributed by atoms with van der Waals surface area (Å²) < 4.78 is 0. The van der Waals surface area contributed by atoms with Gasteiger partial charge in [0.05, 0.1) is 0 Å². The van der Waals surface area contributed by atoms with Gasteiger partial charge in [-0.2, -0.15) is 0 Å². The van der Waals surface area contributed by atoms with Crippen molar-refractivity contribution in [2.24, 2.45) is 0 Å². The summed E-state index contributed by atoms with van der Waals surface area (Å²) in [6.07, 6.45) is 1.88. The number of benzene rings is 1. The summed E-state index contributed by atoms with van der Waals surface area (Å²) >= 11 is 0. The van der Waals surface area contributed by atoms with Gasteiger partial charge in [-0.25, -0.2) is 4.98 Å². The van der Waals surface area contributed by atoms with Gasteiger partial charge in [-0.1, -0.05) is 30.3 Å². The number of nitrogens with zero attached hydrogens (tertiary/aromatic N) is 2. The molecule has 1 aliphatic rings. The van der Waals surface area contributed by atoms with Crippen molar-refractivity contribution in [2.75, 3.05) is 11.9 Å². The standard InChI is InChI=1S/C16H19N3/c1-12(17-2)15-8-5-9-18-16(15)19-10-13-6-3-4-7-14(13)11-19/h3-9,12,17H,10-11H2,1-2H3. The van der Waals surface area contributed by atoms with E-state index in [1.54, 1.807) is 0 Å². The van der Waals surface area contributed by atoms with Gasteiger partial charge in [0.1, 0.15) is 5.82 Å². The molecule has 1 aliphatic heterocycles. The molecule has 98 valence electrons. The van der Waals surface area contributed by atoms with E-state index in [-0.39, 0.29) is 0 Å². The topological polar surface area (TPSA) is 28.2 Å². The molecule has 0 radical (unpaired) electrons. The molecule has 0 saturated carbocycles. The fraction of sp³-hybridized carbons (Fsp3) is 0.312. The molecule has 3 rings (SSSR count). The zero-order valence-electron chi connectivity index (χ0n) is 11.4. The molecule has 2 aromatic rings. The average molecular weight is 253 g/mol. The molecule has 2 heterocycles. The summed E-state index contributed by atoms with van der Waals surface area (Å²) in [6.45, 7) is 4.08. The molecule has 3 nitrogen and oxygen atoms in total. The first kappa shape index (κ1) is 12.2. The lowest BCUT2D eigenvalue weighted by Gasteiger charge is -2.22. The molecule has 1 atom stereocenters. The van der Waals surface area contributed by atoms with Crippen molar-refractivity contribution in [1.82, 2.24) is 10.3 Å². The Hall–Kier alpha value is -1.87. The Balaban J connectivity index is 1.93. The third-order valence-corrected chi connectivity index (χ3v) is 3.86. The molecular weight excluding hydrogens is 234 g/mol. The second kappa shape index (κ2) is 5.02. The number of hydrogen-bond donors (Lipinski definition) is 1. The van der Waals surface area contributed by atoms with Gasteiger partial charge in [-0.15, -0.1) is 0 Å². The molecule has 0 saturated heterocycles. The summed E-state index contributed by atoms with van der Waals surface area (Å²) in [5.41, 5.74) is 4.09. The molecule has 1 unspecified atom stereocenters. The highest BCUT2D eigenvalue weighted by Gasteiger charge is 2.22. The van der Waals surface area contributed by atoms with E-state index in [1.807, 2.05) is 19.3 Å². The van der Waals surface area contributed by atoms with Crippen molar-refractivity contribution in [2.45, 2.75) is 26.1 Å². The maximum atomic E-state index is 4.60. The molecule has 0 aliphatic carbocycles. The van der Waals surface area contributed by atoms with Crippen LogP contribution in [0.5, 0.6) is 0 Å². The zero-order valence-corrected chi connectivity index (χ0v) is 11.4. The van der Waals surface area contributed by atoms with Crippen LogP contribution in [0.25, 0.3) is 0 Å². The van der Waals surface area contributed by atoms with E-state index >= 15 is 0 Å². The molecule has 3 heteroatoms. The molecule has 1 aromatic heterocycles. The van der Waals surface area contributed by atoms with Crippen LogP contribution in [0, 0.1) is 0 Å². The summed E-state index contributed by atoms with van der Waals surface area (Å²) in [5, 5.41) is 3.30. The van der Waals surface area contributed by atoms with Crippen molar-refractivity contribution in [3.8, 4) is 0 Å². The number of pyridine rings is 1. The Labute approximate surface area is 114 Å². The molecule has 0 amide bonds. The lowest BCUT2D eigenvalue weighted by molar-refractivity contribution is 0.644. The lowest BCUT2D eigenvalue weighted by Crippen LogP contribution is -2.21. The van der Waals surface area contributed by atoms with Gasteiger partial charge in [-0.05, 0) is 31.2 Å². The second-order valence-corrected chi connectivity index (χ2v) is 5.05. The third kappa shape index (κ3) is 2.22. The first-order valence-electron chi connectivity index (χ1n) is 6.73. The number of rotatable bonds is 3. The minimum atomic E-state index is 0.312. The Bertz CT molecular complexity index is 555. The van der Waals surface area contributed by atoms with Crippen LogP contribution >= 0.6 is 0 Å². The van der Waals surface area contributed by atoms with Crippen molar-refractivity contribution in [3.05, 3.63) is 59.3 Å². The second-order valence-electron chi connectivity index (χ2n) is 5.05. The Morgan fingerprint density at radius 2 is 1.79 bits per heavy atom. The van der Waals surface area contributed by atoms with Gasteiger partial charge in [0.15, 0.2) is 0 Å². The van der Waals surface area contributed by atoms with E-state index in [0.717, 1.165) is 18.9 Å².